The maximum absolute atomic E-state index is 11.5. The third kappa shape index (κ3) is 2.68. The summed E-state index contributed by atoms with van der Waals surface area (Å²) in [7, 11) is 2.73. The quantitative estimate of drug-likeness (QED) is 0.531. The van der Waals surface area contributed by atoms with Crippen molar-refractivity contribution < 1.29 is 14.4 Å². The molecule has 0 N–H and O–H groups in total. The van der Waals surface area contributed by atoms with E-state index in [4.69, 9.17) is 9.47 Å². The Bertz CT molecular complexity index is 1010. The molecule has 0 saturated carbocycles. The monoisotopic (exact) mass is 336 g/mol. The number of nitrogens with zero attached hydrogens (tertiary/aromatic N) is 4. The Morgan fingerprint density at radius 3 is 2.32 bits per heavy atom. The maximum atomic E-state index is 11.5. The first-order valence-corrected chi connectivity index (χ1v) is 7.17. The normalized spacial score (nSPS) is 10.3. The Morgan fingerprint density at radius 1 is 1.08 bits per heavy atom. The zero-order valence-electron chi connectivity index (χ0n) is 13.4. The molecule has 0 spiro atoms. The van der Waals surface area contributed by atoms with E-state index < -0.39 is 4.92 Å². The van der Waals surface area contributed by atoms with Gasteiger partial charge in [0.25, 0.3) is 0 Å². The molecule has 0 amide bonds. The number of nitriles is 1. The first kappa shape index (κ1) is 16.1. The molecular weight excluding hydrogens is 324 g/mol. The number of methoxy groups -OCH3 is 2. The van der Waals surface area contributed by atoms with Gasteiger partial charge in [0.05, 0.1) is 19.1 Å². The van der Waals surface area contributed by atoms with Crippen LogP contribution < -0.4 is 9.47 Å². The minimum Gasteiger partial charge on any atom is -0.494 e. The van der Waals surface area contributed by atoms with Crippen LogP contribution in [0.25, 0.3) is 22.3 Å². The third-order valence-corrected chi connectivity index (χ3v) is 3.62. The van der Waals surface area contributed by atoms with Gasteiger partial charge < -0.3 is 9.47 Å². The Morgan fingerprint density at radius 2 is 1.76 bits per heavy atom. The zero-order valence-corrected chi connectivity index (χ0v) is 13.4. The molecule has 2 aromatic carbocycles. The van der Waals surface area contributed by atoms with E-state index in [0.29, 0.717) is 11.3 Å². The smallest absolute Gasteiger partial charge is 0.338 e. The summed E-state index contributed by atoms with van der Waals surface area (Å²) in [6, 6.07) is 12.3. The first-order chi connectivity index (χ1) is 12.1. The van der Waals surface area contributed by atoms with Crippen LogP contribution in [0.5, 0.6) is 11.5 Å². The molecule has 0 aliphatic rings. The van der Waals surface area contributed by atoms with E-state index in [2.05, 4.69) is 9.97 Å². The van der Waals surface area contributed by atoms with Crippen molar-refractivity contribution in [2.75, 3.05) is 14.2 Å². The molecule has 3 aromatic rings. The highest BCUT2D eigenvalue weighted by molar-refractivity contribution is 5.94. The number of aromatic nitrogens is 2. The van der Waals surface area contributed by atoms with Gasteiger partial charge in [-0.25, -0.2) is 9.97 Å². The fourth-order valence-corrected chi connectivity index (χ4v) is 2.51. The summed E-state index contributed by atoms with van der Waals surface area (Å²) in [6.07, 6.45) is 0. The number of hydrogen-bond acceptors (Lipinski definition) is 7. The van der Waals surface area contributed by atoms with E-state index >= 15 is 0 Å². The number of rotatable bonds is 4. The molecule has 0 radical (unpaired) electrons. The molecular formula is C17H12N4O4. The Kier molecular flexibility index (Phi) is 4.14. The highest BCUT2D eigenvalue weighted by Gasteiger charge is 2.27. The van der Waals surface area contributed by atoms with Crippen molar-refractivity contribution in [3.05, 3.63) is 52.2 Å². The SMILES string of the molecule is COc1cc(OC)c2nc(-c3ccccc3)c(C#N)nc2c1[N+](=O)[O-]. The van der Waals surface area contributed by atoms with Crippen LogP contribution in [0, 0.1) is 21.4 Å². The van der Waals surface area contributed by atoms with E-state index in [9.17, 15) is 15.4 Å². The van der Waals surface area contributed by atoms with Gasteiger partial charge in [0, 0.05) is 11.6 Å². The molecule has 0 aliphatic carbocycles. The predicted molar refractivity (Wildman–Crippen MR) is 89.4 cm³/mol. The topological polar surface area (TPSA) is 111 Å². The van der Waals surface area contributed by atoms with Gasteiger partial charge in [-0.15, -0.1) is 0 Å². The van der Waals surface area contributed by atoms with Gasteiger partial charge in [0.1, 0.15) is 17.3 Å². The molecule has 0 aliphatic heterocycles. The number of nitro benzene ring substituents is 1. The lowest BCUT2D eigenvalue weighted by Gasteiger charge is -2.11. The number of fused-ring (bicyclic) bond motifs is 1. The number of ether oxygens (including phenoxy) is 2. The molecule has 0 saturated heterocycles. The summed E-state index contributed by atoms with van der Waals surface area (Å²) in [6.45, 7) is 0. The van der Waals surface area contributed by atoms with E-state index in [0.717, 1.165) is 0 Å². The second kappa shape index (κ2) is 6.41. The Labute approximate surface area is 142 Å². The van der Waals surface area contributed by atoms with Gasteiger partial charge in [-0.05, 0) is 0 Å². The standard InChI is InChI=1S/C17H12N4O4/c1-24-12-8-13(25-2)17(21(22)23)16-15(12)20-14(11(9-18)19-16)10-6-4-3-5-7-10/h3-8H,1-2H3. The van der Waals surface area contributed by atoms with E-state index in [1.54, 1.807) is 24.3 Å². The highest BCUT2D eigenvalue weighted by Crippen LogP contribution is 2.40. The van der Waals surface area contributed by atoms with Crippen LogP contribution in [0.1, 0.15) is 5.69 Å². The second-order valence-electron chi connectivity index (χ2n) is 4.98. The van der Waals surface area contributed by atoms with Crippen molar-refractivity contribution >= 4 is 16.7 Å². The maximum Gasteiger partial charge on any atom is 0.338 e. The van der Waals surface area contributed by atoms with Crippen molar-refractivity contribution in [3.8, 4) is 28.8 Å². The van der Waals surface area contributed by atoms with Gasteiger partial charge in [0.15, 0.2) is 17.0 Å². The summed E-state index contributed by atoms with van der Waals surface area (Å²) in [5, 5.41) is 20.9. The van der Waals surface area contributed by atoms with Crippen molar-refractivity contribution in [2.45, 2.75) is 0 Å². The van der Waals surface area contributed by atoms with Gasteiger partial charge >= 0.3 is 5.69 Å². The molecule has 25 heavy (non-hydrogen) atoms. The highest BCUT2D eigenvalue weighted by atomic mass is 16.6. The predicted octanol–water partition coefficient (Wildman–Crippen LogP) is 3.09. The average molecular weight is 336 g/mol. The molecule has 0 unspecified atom stereocenters. The van der Waals surface area contributed by atoms with Crippen LogP contribution in [0.3, 0.4) is 0 Å². The summed E-state index contributed by atoms with van der Waals surface area (Å²) in [5.41, 5.74) is 0.756. The van der Waals surface area contributed by atoms with Gasteiger partial charge in [0.2, 0.25) is 5.75 Å². The number of hydrogen-bond donors (Lipinski definition) is 0. The summed E-state index contributed by atoms with van der Waals surface area (Å²) in [4.78, 5) is 19.5. The second-order valence-corrected chi connectivity index (χ2v) is 4.98. The Balaban J connectivity index is 2.45. The van der Waals surface area contributed by atoms with E-state index in [1.807, 2.05) is 12.1 Å². The third-order valence-electron chi connectivity index (χ3n) is 3.62. The first-order valence-electron chi connectivity index (χ1n) is 7.17. The van der Waals surface area contributed by atoms with Crippen LogP contribution in [0.2, 0.25) is 0 Å². The van der Waals surface area contributed by atoms with Crippen molar-refractivity contribution in [1.82, 2.24) is 9.97 Å². The van der Waals surface area contributed by atoms with Crippen LogP contribution in [-0.2, 0) is 0 Å². The number of benzene rings is 2. The molecule has 0 bridgehead atoms. The Hall–Kier alpha value is -3.73. The minimum absolute atomic E-state index is 0.0139. The lowest BCUT2D eigenvalue weighted by molar-refractivity contribution is -0.384. The summed E-state index contributed by atoms with van der Waals surface area (Å²) in [5.74, 6) is 0.256. The largest absolute Gasteiger partial charge is 0.494 e. The van der Waals surface area contributed by atoms with Crippen molar-refractivity contribution in [1.29, 1.82) is 5.26 Å². The molecule has 1 heterocycles. The van der Waals surface area contributed by atoms with Gasteiger partial charge in [-0.1, -0.05) is 30.3 Å². The van der Waals surface area contributed by atoms with Crippen molar-refractivity contribution in [3.63, 3.8) is 0 Å². The van der Waals surface area contributed by atoms with Crippen LogP contribution in [0.4, 0.5) is 5.69 Å². The minimum atomic E-state index is -0.612. The summed E-state index contributed by atoms with van der Waals surface area (Å²) < 4.78 is 10.4. The molecule has 0 fully saturated rings. The van der Waals surface area contributed by atoms with Crippen LogP contribution in [-0.4, -0.2) is 29.1 Å². The van der Waals surface area contributed by atoms with Gasteiger partial charge in [-0.3, -0.25) is 10.1 Å². The van der Waals surface area contributed by atoms with Crippen LogP contribution in [0.15, 0.2) is 36.4 Å². The fraction of sp³-hybridized carbons (Fsp3) is 0.118. The van der Waals surface area contributed by atoms with Crippen molar-refractivity contribution in [2.24, 2.45) is 0 Å². The molecule has 124 valence electrons. The van der Waals surface area contributed by atoms with Crippen LogP contribution >= 0.6 is 0 Å². The lowest BCUT2D eigenvalue weighted by atomic mass is 10.1. The van der Waals surface area contributed by atoms with Gasteiger partial charge in [-0.2, -0.15) is 5.26 Å². The zero-order chi connectivity index (χ0) is 18.0. The molecule has 1 aromatic heterocycles. The lowest BCUT2D eigenvalue weighted by Crippen LogP contribution is -2.02. The van der Waals surface area contributed by atoms with E-state index in [1.165, 1.54) is 20.3 Å². The number of nitro groups is 1. The van der Waals surface area contributed by atoms with E-state index in [-0.39, 0.29) is 33.9 Å². The fourth-order valence-electron chi connectivity index (χ4n) is 2.51. The molecule has 0 atom stereocenters. The molecule has 3 rings (SSSR count). The summed E-state index contributed by atoms with van der Waals surface area (Å²) >= 11 is 0. The molecule has 8 nitrogen and oxygen atoms in total. The average Bonchev–Trinajstić information content (AvgIpc) is 2.65. The molecule has 8 heteroatoms.